The summed E-state index contributed by atoms with van der Waals surface area (Å²) in [6.07, 6.45) is 6.77. The number of hydrogen-bond donors (Lipinski definition) is 2. The molecule has 3 heterocycles. The van der Waals surface area contributed by atoms with E-state index >= 15 is 0 Å². The molecule has 0 aliphatic heterocycles. The first-order valence-corrected chi connectivity index (χ1v) is 8.31. The molecule has 26 heavy (non-hydrogen) atoms. The van der Waals surface area contributed by atoms with Gasteiger partial charge >= 0.3 is 0 Å². The molecule has 4 rings (SSSR count). The number of benzene rings is 1. The maximum absolute atomic E-state index is 12.7. The van der Waals surface area contributed by atoms with Gasteiger partial charge in [-0.15, -0.1) is 0 Å². The zero-order chi connectivity index (χ0) is 18.1. The van der Waals surface area contributed by atoms with Crippen molar-refractivity contribution in [2.75, 3.05) is 0 Å². The van der Waals surface area contributed by atoms with Gasteiger partial charge in [-0.3, -0.25) is 9.89 Å². The van der Waals surface area contributed by atoms with Crippen molar-refractivity contribution in [3.63, 3.8) is 0 Å². The van der Waals surface area contributed by atoms with Gasteiger partial charge in [0.1, 0.15) is 17.8 Å². The van der Waals surface area contributed by atoms with Gasteiger partial charge in [-0.1, -0.05) is 29.8 Å². The lowest BCUT2D eigenvalue weighted by atomic mass is 10.0. The summed E-state index contributed by atoms with van der Waals surface area (Å²) in [5.41, 5.74) is 4.48. The highest BCUT2D eigenvalue weighted by molar-refractivity contribution is 5.96. The Morgan fingerprint density at radius 1 is 1.23 bits per heavy atom. The molecule has 2 N–H and O–H groups in total. The lowest BCUT2D eigenvalue weighted by molar-refractivity contribution is 0.0938. The first-order chi connectivity index (χ1) is 12.6. The van der Waals surface area contributed by atoms with E-state index in [9.17, 15) is 4.79 Å². The largest absolute Gasteiger partial charge is 0.342 e. The van der Waals surface area contributed by atoms with Gasteiger partial charge in [0.15, 0.2) is 0 Å². The summed E-state index contributed by atoms with van der Waals surface area (Å²) in [7, 11) is 0. The lowest BCUT2D eigenvalue weighted by Crippen LogP contribution is -2.27. The number of rotatable bonds is 4. The van der Waals surface area contributed by atoms with Crippen molar-refractivity contribution >= 4 is 11.6 Å². The molecule has 0 bridgehead atoms. The number of carbonyl (C=O) groups is 1. The van der Waals surface area contributed by atoms with Crippen LogP contribution in [0.1, 0.15) is 34.7 Å². The van der Waals surface area contributed by atoms with Crippen molar-refractivity contribution in [3.8, 4) is 11.1 Å². The van der Waals surface area contributed by atoms with Crippen molar-refractivity contribution < 1.29 is 4.79 Å². The highest BCUT2D eigenvalue weighted by Gasteiger charge is 2.16. The Labute approximate surface area is 150 Å². The van der Waals surface area contributed by atoms with Gasteiger partial charge in [-0.2, -0.15) is 5.10 Å². The van der Waals surface area contributed by atoms with E-state index in [1.807, 2.05) is 54.8 Å². The minimum absolute atomic E-state index is 0.183. The van der Waals surface area contributed by atoms with E-state index in [4.69, 9.17) is 0 Å². The average molecular weight is 346 g/mol. The fourth-order valence-electron chi connectivity index (χ4n) is 2.87. The van der Waals surface area contributed by atoms with E-state index in [-0.39, 0.29) is 11.9 Å². The minimum atomic E-state index is -0.272. The molecule has 0 spiro atoms. The SMILES string of the molecule is Cc1ccc(-c2cc(C(=O)N[C@@H](C)c3ncn[nH]3)cn3ccnc23)cc1. The van der Waals surface area contributed by atoms with E-state index in [2.05, 4.69) is 25.5 Å². The monoisotopic (exact) mass is 346 g/mol. The average Bonchev–Trinajstić information content (AvgIpc) is 3.33. The van der Waals surface area contributed by atoms with Crippen LogP contribution in [0.25, 0.3) is 16.8 Å². The van der Waals surface area contributed by atoms with Gasteiger partial charge in [0, 0.05) is 24.2 Å². The number of imidazole rings is 1. The normalized spacial score (nSPS) is 12.2. The van der Waals surface area contributed by atoms with E-state index in [0.29, 0.717) is 11.4 Å². The third-order valence-electron chi connectivity index (χ3n) is 4.30. The molecular weight excluding hydrogens is 328 g/mol. The molecule has 1 atom stereocenters. The fraction of sp³-hybridized carbons (Fsp3) is 0.158. The number of fused-ring (bicyclic) bond motifs is 1. The van der Waals surface area contributed by atoms with Gasteiger partial charge < -0.3 is 9.72 Å². The lowest BCUT2D eigenvalue weighted by Gasteiger charge is -2.13. The van der Waals surface area contributed by atoms with E-state index < -0.39 is 0 Å². The Morgan fingerprint density at radius 2 is 2.04 bits per heavy atom. The van der Waals surface area contributed by atoms with Crippen molar-refractivity contribution in [3.05, 3.63) is 72.2 Å². The molecule has 0 saturated carbocycles. The van der Waals surface area contributed by atoms with E-state index in [1.165, 1.54) is 11.9 Å². The number of amides is 1. The van der Waals surface area contributed by atoms with E-state index in [0.717, 1.165) is 16.8 Å². The number of aromatic amines is 1. The molecule has 0 fully saturated rings. The summed E-state index contributed by atoms with van der Waals surface area (Å²) in [5, 5.41) is 9.53. The second-order valence-electron chi connectivity index (χ2n) is 6.23. The molecule has 0 radical (unpaired) electrons. The Morgan fingerprint density at radius 3 is 2.77 bits per heavy atom. The topological polar surface area (TPSA) is 88.0 Å². The van der Waals surface area contributed by atoms with Crippen LogP contribution in [0.15, 0.2) is 55.2 Å². The summed E-state index contributed by atoms with van der Waals surface area (Å²) in [4.78, 5) is 21.3. The zero-order valence-electron chi connectivity index (χ0n) is 14.5. The van der Waals surface area contributed by atoms with E-state index in [1.54, 1.807) is 12.4 Å². The minimum Gasteiger partial charge on any atom is -0.342 e. The molecule has 0 saturated heterocycles. The van der Waals surface area contributed by atoms with Crippen LogP contribution in [0.5, 0.6) is 0 Å². The number of carbonyl (C=O) groups excluding carboxylic acids is 1. The van der Waals surface area contributed by atoms with Crippen LogP contribution in [0.4, 0.5) is 0 Å². The number of aromatic nitrogens is 5. The maximum atomic E-state index is 12.7. The predicted octanol–water partition coefficient (Wildman–Crippen LogP) is 2.92. The van der Waals surface area contributed by atoms with Crippen molar-refractivity contribution in [1.82, 2.24) is 29.9 Å². The first-order valence-electron chi connectivity index (χ1n) is 8.31. The third-order valence-corrected chi connectivity index (χ3v) is 4.30. The molecule has 3 aromatic heterocycles. The number of nitrogens with one attached hydrogen (secondary N) is 2. The van der Waals surface area contributed by atoms with Crippen molar-refractivity contribution in [1.29, 1.82) is 0 Å². The Kier molecular flexibility index (Phi) is 3.96. The standard InChI is InChI=1S/C19H18N6O/c1-12-3-5-14(6-4-12)16-9-15(10-25-8-7-20-18(16)25)19(26)23-13(2)17-21-11-22-24-17/h3-11,13H,1-2H3,(H,23,26)(H,21,22,24)/t13-/m0/s1. The number of hydrogen-bond acceptors (Lipinski definition) is 4. The third kappa shape index (κ3) is 2.95. The molecule has 0 aliphatic rings. The molecule has 7 heteroatoms. The van der Waals surface area contributed by atoms with Crippen LogP contribution >= 0.6 is 0 Å². The number of nitrogens with zero attached hydrogens (tertiary/aromatic N) is 4. The highest BCUT2D eigenvalue weighted by atomic mass is 16.1. The predicted molar refractivity (Wildman–Crippen MR) is 97.6 cm³/mol. The summed E-state index contributed by atoms with van der Waals surface area (Å²) < 4.78 is 1.86. The number of H-pyrrole nitrogens is 1. The van der Waals surface area contributed by atoms with Crippen LogP contribution in [0.2, 0.25) is 0 Å². The Balaban J connectivity index is 1.71. The number of aryl methyl sites for hydroxylation is 1. The van der Waals surface area contributed by atoms with Crippen LogP contribution in [-0.4, -0.2) is 30.5 Å². The smallest absolute Gasteiger partial charge is 0.253 e. The molecule has 4 aromatic rings. The quantitative estimate of drug-likeness (QED) is 0.595. The molecule has 130 valence electrons. The van der Waals surface area contributed by atoms with Gasteiger partial charge in [0.2, 0.25) is 0 Å². The van der Waals surface area contributed by atoms with Crippen LogP contribution in [0, 0.1) is 6.92 Å². The zero-order valence-corrected chi connectivity index (χ0v) is 14.5. The van der Waals surface area contributed by atoms with Gasteiger partial charge in [-0.05, 0) is 25.5 Å². The molecule has 7 nitrogen and oxygen atoms in total. The van der Waals surface area contributed by atoms with Gasteiger partial charge in [-0.25, -0.2) is 9.97 Å². The van der Waals surface area contributed by atoms with Crippen molar-refractivity contribution in [2.45, 2.75) is 19.9 Å². The fourth-order valence-corrected chi connectivity index (χ4v) is 2.87. The molecule has 0 unspecified atom stereocenters. The van der Waals surface area contributed by atoms with Crippen LogP contribution in [0.3, 0.4) is 0 Å². The maximum Gasteiger partial charge on any atom is 0.253 e. The van der Waals surface area contributed by atoms with Crippen LogP contribution < -0.4 is 5.32 Å². The second kappa shape index (κ2) is 6.44. The molecular formula is C19H18N6O. The molecule has 1 aromatic carbocycles. The summed E-state index contributed by atoms with van der Waals surface area (Å²) >= 11 is 0. The summed E-state index contributed by atoms with van der Waals surface area (Å²) in [6.45, 7) is 3.90. The Bertz CT molecular complexity index is 1050. The van der Waals surface area contributed by atoms with Crippen LogP contribution in [-0.2, 0) is 0 Å². The number of pyridine rings is 1. The first kappa shape index (κ1) is 16.0. The molecule has 0 aliphatic carbocycles. The second-order valence-corrected chi connectivity index (χ2v) is 6.23. The highest BCUT2D eigenvalue weighted by Crippen LogP contribution is 2.25. The van der Waals surface area contributed by atoms with Gasteiger partial charge in [0.25, 0.3) is 5.91 Å². The van der Waals surface area contributed by atoms with Crippen molar-refractivity contribution in [2.24, 2.45) is 0 Å². The summed E-state index contributed by atoms with van der Waals surface area (Å²) in [6, 6.07) is 9.78. The molecule has 1 amide bonds. The Hall–Kier alpha value is -3.48. The van der Waals surface area contributed by atoms with Gasteiger partial charge in [0.05, 0.1) is 11.6 Å². The summed E-state index contributed by atoms with van der Waals surface area (Å²) in [5.74, 6) is 0.429.